The number of imide groups is 1. The molecule has 3 N–H and O–H groups in total. The fourth-order valence-corrected chi connectivity index (χ4v) is 4.97. The first-order valence-electron chi connectivity index (χ1n) is 10.7. The van der Waals surface area contributed by atoms with E-state index in [1.807, 2.05) is 48.0 Å². The number of nitrogens with zero attached hydrogens (tertiary/aromatic N) is 1. The summed E-state index contributed by atoms with van der Waals surface area (Å²) in [4.78, 5) is 43.3. The fourth-order valence-electron chi connectivity index (χ4n) is 4.17. The van der Waals surface area contributed by atoms with Crippen molar-refractivity contribution in [3.05, 3.63) is 94.1 Å². The molecule has 3 heterocycles. The van der Waals surface area contributed by atoms with Gasteiger partial charge in [0.05, 0.1) is 6.04 Å². The normalized spacial score (nSPS) is 16.6. The van der Waals surface area contributed by atoms with Crippen molar-refractivity contribution in [2.24, 2.45) is 0 Å². The van der Waals surface area contributed by atoms with Crippen LogP contribution in [0.15, 0.2) is 72.2 Å². The molecule has 1 aliphatic heterocycles. The predicted octanol–water partition coefficient (Wildman–Crippen LogP) is 3.74. The summed E-state index contributed by atoms with van der Waals surface area (Å²) in [6.45, 7) is -0.405. The van der Waals surface area contributed by atoms with Gasteiger partial charge in [-0.05, 0) is 40.8 Å². The smallest absolute Gasteiger partial charge is 0.325 e. The van der Waals surface area contributed by atoms with Crippen molar-refractivity contribution in [2.75, 3.05) is 6.54 Å². The molecule has 9 heteroatoms. The zero-order chi connectivity index (χ0) is 23.7. The van der Waals surface area contributed by atoms with Crippen molar-refractivity contribution in [2.45, 2.75) is 18.5 Å². The second kappa shape index (κ2) is 9.11. The van der Waals surface area contributed by atoms with Crippen LogP contribution in [0.2, 0.25) is 0 Å². The molecule has 0 bridgehead atoms. The van der Waals surface area contributed by atoms with Gasteiger partial charge in [0.1, 0.15) is 18.4 Å². The van der Waals surface area contributed by atoms with Crippen molar-refractivity contribution in [1.29, 1.82) is 0 Å². The van der Waals surface area contributed by atoms with E-state index in [1.165, 1.54) is 23.5 Å². The summed E-state index contributed by atoms with van der Waals surface area (Å²) < 4.78 is 13.4. The number of halogens is 1. The van der Waals surface area contributed by atoms with E-state index in [-0.39, 0.29) is 5.82 Å². The van der Waals surface area contributed by atoms with Crippen molar-refractivity contribution >= 4 is 40.1 Å². The third-order valence-corrected chi connectivity index (χ3v) is 6.78. The molecule has 7 nitrogen and oxygen atoms in total. The van der Waals surface area contributed by atoms with E-state index < -0.39 is 36.5 Å². The minimum Gasteiger partial charge on any atom is -0.361 e. The highest BCUT2D eigenvalue weighted by atomic mass is 32.1. The van der Waals surface area contributed by atoms with E-state index >= 15 is 0 Å². The molecule has 4 aromatic rings. The molecule has 1 fully saturated rings. The van der Waals surface area contributed by atoms with Gasteiger partial charge >= 0.3 is 6.03 Å². The lowest BCUT2D eigenvalue weighted by Gasteiger charge is -2.20. The van der Waals surface area contributed by atoms with Crippen LogP contribution in [0, 0.1) is 5.82 Å². The number of aromatic nitrogens is 1. The maximum absolute atomic E-state index is 13.4. The first kappa shape index (κ1) is 21.8. The highest BCUT2D eigenvalue weighted by Crippen LogP contribution is 2.26. The number of carbonyl (C=O) groups excluding carboxylic acids is 3. The summed E-state index contributed by atoms with van der Waals surface area (Å²) in [7, 11) is 0. The highest BCUT2D eigenvalue weighted by molar-refractivity contribution is 7.10. The lowest BCUT2D eigenvalue weighted by Crippen LogP contribution is -2.42. The predicted molar refractivity (Wildman–Crippen MR) is 127 cm³/mol. The van der Waals surface area contributed by atoms with Gasteiger partial charge < -0.3 is 15.6 Å². The number of rotatable bonds is 7. The number of para-hydroxylation sites is 1. The van der Waals surface area contributed by atoms with Crippen LogP contribution in [0.4, 0.5) is 9.18 Å². The molecule has 1 saturated heterocycles. The molecule has 2 aromatic heterocycles. The quantitative estimate of drug-likeness (QED) is 0.355. The zero-order valence-electron chi connectivity index (χ0n) is 18.0. The number of aromatic amines is 1. The number of H-pyrrole nitrogens is 1. The van der Waals surface area contributed by atoms with Gasteiger partial charge in [-0.25, -0.2) is 9.18 Å². The van der Waals surface area contributed by atoms with Crippen molar-refractivity contribution in [3.8, 4) is 0 Å². The monoisotopic (exact) mass is 476 g/mol. The Kier molecular flexibility index (Phi) is 5.85. The van der Waals surface area contributed by atoms with Gasteiger partial charge in [-0.2, -0.15) is 0 Å². The van der Waals surface area contributed by atoms with E-state index in [4.69, 9.17) is 0 Å². The summed E-state index contributed by atoms with van der Waals surface area (Å²) in [5.41, 5.74) is 2.56. The average molecular weight is 477 g/mol. The number of urea groups is 1. The molecule has 0 radical (unpaired) electrons. The summed E-state index contributed by atoms with van der Waals surface area (Å²) in [6.07, 6.45) is 2.15. The number of nitrogens with one attached hydrogen (secondary N) is 3. The van der Waals surface area contributed by atoms with Gasteiger partial charge in [-0.1, -0.05) is 36.4 Å². The number of benzene rings is 2. The minimum absolute atomic E-state index is 0.320. The third kappa shape index (κ3) is 4.29. The lowest BCUT2D eigenvalue weighted by atomic mass is 10.0. The molecule has 2 aromatic carbocycles. The zero-order valence-corrected chi connectivity index (χ0v) is 18.8. The fraction of sp³-hybridized carbons (Fsp3) is 0.160. The van der Waals surface area contributed by atoms with Crippen molar-refractivity contribution in [3.63, 3.8) is 0 Å². The minimum atomic E-state index is -0.746. The van der Waals surface area contributed by atoms with Gasteiger partial charge in [0.2, 0.25) is 5.91 Å². The molecule has 172 valence electrons. The van der Waals surface area contributed by atoms with Crippen LogP contribution in [-0.2, 0) is 16.0 Å². The van der Waals surface area contributed by atoms with E-state index in [0.29, 0.717) is 12.0 Å². The summed E-state index contributed by atoms with van der Waals surface area (Å²) in [6, 6.07) is 15.4. The van der Waals surface area contributed by atoms with E-state index in [0.717, 1.165) is 26.2 Å². The molecular weight excluding hydrogens is 455 g/mol. The van der Waals surface area contributed by atoms with Crippen LogP contribution in [0.5, 0.6) is 0 Å². The van der Waals surface area contributed by atoms with Gasteiger partial charge in [0, 0.05) is 28.4 Å². The maximum atomic E-state index is 13.4. The molecule has 0 aliphatic carbocycles. The molecule has 5 rings (SSSR count). The second-order valence-electron chi connectivity index (χ2n) is 8.06. The Labute approximate surface area is 198 Å². The van der Waals surface area contributed by atoms with Crippen LogP contribution in [0.25, 0.3) is 10.9 Å². The number of hydrogen-bond acceptors (Lipinski definition) is 4. The third-order valence-electron chi connectivity index (χ3n) is 5.84. The Balaban J connectivity index is 1.28. The molecule has 34 heavy (non-hydrogen) atoms. The van der Waals surface area contributed by atoms with Gasteiger partial charge in [-0.3, -0.25) is 14.5 Å². The van der Waals surface area contributed by atoms with Crippen LogP contribution in [0.3, 0.4) is 0 Å². The van der Waals surface area contributed by atoms with Crippen molar-refractivity contribution in [1.82, 2.24) is 20.5 Å². The Bertz CT molecular complexity index is 1350. The van der Waals surface area contributed by atoms with E-state index in [9.17, 15) is 18.8 Å². The largest absolute Gasteiger partial charge is 0.361 e. The first-order chi connectivity index (χ1) is 16.5. The molecule has 0 spiro atoms. The Hall–Kier alpha value is -3.98. The van der Waals surface area contributed by atoms with E-state index in [2.05, 4.69) is 15.6 Å². The van der Waals surface area contributed by atoms with Gasteiger partial charge in [0.25, 0.3) is 5.91 Å². The second-order valence-corrected chi connectivity index (χ2v) is 9.04. The Morgan fingerprint density at radius 3 is 2.65 bits per heavy atom. The number of fused-ring (bicyclic) bond motifs is 1. The average Bonchev–Trinajstić information content (AvgIpc) is 3.56. The van der Waals surface area contributed by atoms with Crippen LogP contribution < -0.4 is 10.6 Å². The Morgan fingerprint density at radius 1 is 1.09 bits per heavy atom. The van der Waals surface area contributed by atoms with Crippen LogP contribution in [0.1, 0.15) is 22.0 Å². The molecule has 0 saturated carbocycles. The SMILES string of the molecule is O=C(CN1C(=O)NC(Cc2c[nH]c3ccccc23)C1=O)NC(c1ccc(F)cc1)c1cccs1. The van der Waals surface area contributed by atoms with Crippen LogP contribution >= 0.6 is 11.3 Å². The number of carbonyl (C=O) groups is 3. The Morgan fingerprint density at radius 2 is 1.88 bits per heavy atom. The molecule has 4 amide bonds. The number of thiophene rings is 1. The summed E-state index contributed by atoms with van der Waals surface area (Å²) in [5, 5.41) is 8.43. The molecular formula is C25H21FN4O3S. The van der Waals surface area contributed by atoms with Gasteiger partial charge in [-0.15, -0.1) is 11.3 Å². The molecule has 1 aliphatic rings. The lowest BCUT2D eigenvalue weighted by molar-refractivity contribution is -0.132. The van der Waals surface area contributed by atoms with Gasteiger partial charge in [0.15, 0.2) is 0 Å². The summed E-state index contributed by atoms with van der Waals surface area (Å²) in [5.74, 6) is -1.31. The summed E-state index contributed by atoms with van der Waals surface area (Å²) >= 11 is 1.45. The van der Waals surface area contributed by atoms with E-state index in [1.54, 1.807) is 12.1 Å². The maximum Gasteiger partial charge on any atom is 0.325 e. The number of hydrogen-bond donors (Lipinski definition) is 3. The molecule has 2 atom stereocenters. The van der Waals surface area contributed by atoms with Crippen LogP contribution in [-0.4, -0.2) is 40.3 Å². The topological polar surface area (TPSA) is 94.3 Å². The van der Waals surface area contributed by atoms with Crippen molar-refractivity contribution < 1.29 is 18.8 Å². The highest BCUT2D eigenvalue weighted by Gasteiger charge is 2.39. The standard InChI is InChI=1S/C25H21FN4O3S/c26-17-9-7-15(8-10-17)23(21-6-3-11-34-21)29-22(31)14-30-24(32)20(28-25(30)33)12-16-13-27-19-5-2-1-4-18(16)19/h1-11,13,20,23,27H,12,14H2,(H,28,33)(H,29,31). The first-order valence-corrected chi connectivity index (χ1v) is 11.6. The molecule has 2 unspecified atom stereocenters. The number of amides is 4.